The Balaban J connectivity index is 1.96. The van der Waals surface area contributed by atoms with Gasteiger partial charge < -0.3 is 10.1 Å². The molecular weight excluding hydrogens is 162 g/mol. The fraction of sp³-hybridized carbons (Fsp3) is 1.00. The Hall–Kier alpha value is -0.0800. The highest BCUT2D eigenvalue weighted by molar-refractivity contribution is 4.93. The molecule has 0 bridgehead atoms. The van der Waals surface area contributed by atoms with Crippen molar-refractivity contribution in [3.8, 4) is 0 Å². The summed E-state index contributed by atoms with van der Waals surface area (Å²) in [7, 11) is 0. The molecule has 0 saturated carbocycles. The Morgan fingerprint density at radius 3 is 2.92 bits per heavy atom. The average Bonchev–Trinajstić information content (AvgIpc) is 2.44. The van der Waals surface area contributed by atoms with Gasteiger partial charge in [-0.15, -0.1) is 0 Å². The highest BCUT2D eigenvalue weighted by Gasteiger charge is 2.37. The maximum absolute atomic E-state index is 5.87. The number of nitrogens with one attached hydrogen (secondary N) is 1. The van der Waals surface area contributed by atoms with Crippen molar-refractivity contribution in [3.05, 3.63) is 0 Å². The molecule has 2 atom stereocenters. The Kier molecular flexibility index (Phi) is 2.89. The van der Waals surface area contributed by atoms with Crippen LogP contribution in [0.1, 0.15) is 45.4 Å². The molecule has 2 rings (SSSR count). The predicted octanol–water partition coefficient (Wildman–Crippen LogP) is 2.09. The first-order valence-corrected chi connectivity index (χ1v) is 5.69. The summed E-state index contributed by atoms with van der Waals surface area (Å²) in [6.45, 7) is 4.43. The monoisotopic (exact) mass is 183 g/mol. The number of ether oxygens (including phenoxy) is 1. The SMILES string of the molecule is CC1(C2CCCCCN2)CCCO1. The molecule has 2 saturated heterocycles. The lowest BCUT2D eigenvalue weighted by Crippen LogP contribution is -2.47. The third-order valence-corrected chi connectivity index (χ3v) is 3.55. The Morgan fingerprint density at radius 1 is 1.23 bits per heavy atom. The molecule has 1 N–H and O–H groups in total. The van der Waals surface area contributed by atoms with E-state index in [0.717, 1.165) is 6.61 Å². The summed E-state index contributed by atoms with van der Waals surface area (Å²) in [4.78, 5) is 0. The van der Waals surface area contributed by atoms with Gasteiger partial charge in [-0.1, -0.05) is 12.8 Å². The van der Waals surface area contributed by atoms with Gasteiger partial charge in [-0.05, 0) is 39.2 Å². The Bertz CT molecular complexity index is 155. The molecule has 2 heteroatoms. The fourth-order valence-electron chi connectivity index (χ4n) is 2.63. The minimum Gasteiger partial charge on any atom is -0.374 e. The van der Waals surface area contributed by atoms with Crippen molar-refractivity contribution in [2.45, 2.75) is 57.1 Å². The normalized spacial score (nSPS) is 41.8. The molecule has 0 aromatic heterocycles. The van der Waals surface area contributed by atoms with Crippen molar-refractivity contribution >= 4 is 0 Å². The van der Waals surface area contributed by atoms with Gasteiger partial charge in [0, 0.05) is 12.6 Å². The first-order chi connectivity index (χ1) is 6.31. The lowest BCUT2D eigenvalue weighted by molar-refractivity contribution is -0.0125. The number of rotatable bonds is 1. The zero-order valence-corrected chi connectivity index (χ0v) is 8.64. The van der Waals surface area contributed by atoms with E-state index in [1.54, 1.807) is 0 Å². The van der Waals surface area contributed by atoms with Crippen molar-refractivity contribution < 1.29 is 4.74 Å². The fourth-order valence-corrected chi connectivity index (χ4v) is 2.63. The molecule has 0 amide bonds. The molecule has 0 aliphatic carbocycles. The van der Waals surface area contributed by atoms with Gasteiger partial charge in [-0.25, -0.2) is 0 Å². The smallest absolute Gasteiger partial charge is 0.0807 e. The predicted molar refractivity (Wildman–Crippen MR) is 53.8 cm³/mol. The number of hydrogen-bond donors (Lipinski definition) is 1. The van der Waals surface area contributed by atoms with Crippen molar-refractivity contribution in [2.75, 3.05) is 13.2 Å². The maximum atomic E-state index is 5.87. The van der Waals surface area contributed by atoms with Crippen LogP contribution in [-0.4, -0.2) is 24.8 Å². The maximum Gasteiger partial charge on any atom is 0.0807 e. The summed E-state index contributed by atoms with van der Waals surface area (Å²) in [5, 5.41) is 3.64. The molecule has 0 aromatic rings. The van der Waals surface area contributed by atoms with Crippen LogP contribution in [0.15, 0.2) is 0 Å². The molecule has 2 fully saturated rings. The highest BCUT2D eigenvalue weighted by Crippen LogP contribution is 2.31. The van der Waals surface area contributed by atoms with Crippen molar-refractivity contribution in [3.63, 3.8) is 0 Å². The summed E-state index contributed by atoms with van der Waals surface area (Å²) in [6.07, 6.45) is 7.89. The first-order valence-electron chi connectivity index (χ1n) is 5.69. The van der Waals surface area contributed by atoms with Crippen LogP contribution < -0.4 is 5.32 Å². The topological polar surface area (TPSA) is 21.3 Å². The minimum absolute atomic E-state index is 0.143. The lowest BCUT2D eigenvalue weighted by Gasteiger charge is -2.33. The molecule has 2 nitrogen and oxygen atoms in total. The third-order valence-electron chi connectivity index (χ3n) is 3.55. The molecular formula is C11H21NO. The summed E-state index contributed by atoms with van der Waals surface area (Å²) in [6, 6.07) is 0.609. The lowest BCUT2D eigenvalue weighted by atomic mass is 9.90. The molecule has 0 aromatic carbocycles. The van der Waals surface area contributed by atoms with Gasteiger partial charge in [0.1, 0.15) is 0 Å². The summed E-state index contributed by atoms with van der Waals surface area (Å²) >= 11 is 0. The second kappa shape index (κ2) is 3.97. The van der Waals surface area contributed by atoms with Crippen LogP contribution in [0.4, 0.5) is 0 Å². The van der Waals surface area contributed by atoms with E-state index in [2.05, 4.69) is 12.2 Å². The van der Waals surface area contributed by atoms with Crippen molar-refractivity contribution in [2.24, 2.45) is 0 Å². The molecule has 2 unspecified atom stereocenters. The Morgan fingerprint density at radius 2 is 2.15 bits per heavy atom. The van der Waals surface area contributed by atoms with E-state index in [1.807, 2.05) is 0 Å². The molecule has 2 aliphatic rings. The minimum atomic E-state index is 0.143. The zero-order chi connectivity index (χ0) is 9.15. The first kappa shape index (κ1) is 9.47. The zero-order valence-electron chi connectivity index (χ0n) is 8.64. The van der Waals surface area contributed by atoms with E-state index < -0.39 is 0 Å². The quantitative estimate of drug-likeness (QED) is 0.672. The molecule has 0 radical (unpaired) electrons. The van der Waals surface area contributed by atoms with Gasteiger partial charge in [0.15, 0.2) is 0 Å². The van der Waals surface area contributed by atoms with Gasteiger partial charge in [-0.3, -0.25) is 0 Å². The van der Waals surface area contributed by atoms with E-state index in [0.29, 0.717) is 6.04 Å². The second-order valence-electron chi connectivity index (χ2n) is 4.62. The molecule has 13 heavy (non-hydrogen) atoms. The van der Waals surface area contributed by atoms with Gasteiger partial charge in [0.05, 0.1) is 5.60 Å². The van der Waals surface area contributed by atoms with Gasteiger partial charge in [0.25, 0.3) is 0 Å². The van der Waals surface area contributed by atoms with Crippen LogP contribution in [0, 0.1) is 0 Å². The molecule has 2 heterocycles. The van der Waals surface area contributed by atoms with Crippen LogP contribution in [-0.2, 0) is 4.74 Å². The van der Waals surface area contributed by atoms with Crippen LogP contribution in [0.3, 0.4) is 0 Å². The van der Waals surface area contributed by atoms with E-state index in [1.165, 1.54) is 45.1 Å². The van der Waals surface area contributed by atoms with E-state index in [4.69, 9.17) is 4.74 Å². The number of hydrogen-bond acceptors (Lipinski definition) is 2. The molecule has 2 aliphatic heterocycles. The van der Waals surface area contributed by atoms with Crippen molar-refractivity contribution in [1.29, 1.82) is 0 Å². The standard InChI is InChI=1S/C11H21NO/c1-11(7-5-9-13-11)10-6-3-2-4-8-12-10/h10,12H,2-9H2,1H3. The molecule has 0 spiro atoms. The van der Waals surface area contributed by atoms with E-state index in [-0.39, 0.29) is 5.60 Å². The molecule has 76 valence electrons. The van der Waals surface area contributed by atoms with Crippen LogP contribution in [0.2, 0.25) is 0 Å². The third kappa shape index (κ3) is 2.05. The van der Waals surface area contributed by atoms with Crippen molar-refractivity contribution in [1.82, 2.24) is 5.32 Å². The second-order valence-corrected chi connectivity index (χ2v) is 4.62. The van der Waals surface area contributed by atoms with Crippen LogP contribution >= 0.6 is 0 Å². The van der Waals surface area contributed by atoms with Crippen LogP contribution in [0.5, 0.6) is 0 Å². The summed E-state index contributed by atoms with van der Waals surface area (Å²) in [5.74, 6) is 0. The van der Waals surface area contributed by atoms with E-state index >= 15 is 0 Å². The summed E-state index contributed by atoms with van der Waals surface area (Å²) in [5.41, 5.74) is 0.143. The highest BCUT2D eigenvalue weighted by atomic mass is 16.5. The largest absolute Gasteiger partial charge is 0.374 e. The average molecular weight is 183 g/mol. The van der Waals surface area contributed by atoms with Gasteiger partial charge in [-0.2, -0.15) is 0 Å². The van der Waals surface area contributed by atoms with Gasteiger partial charge in [0.2, 0.25) is 0 Å². The summed E-state index contributed by atoms with van der Waals surface area (Å²) < 4.78 is 5.87. The van der Waals surface area contributed by atoms with E-state index in [9.17, 15) is 0 Å². The Labute approximate surface area is 81.0 Å². The van der Waals surface area contributed by atoms with Crippen LogP contribution in [0.25, 0.3) is 0 Å². The van der Waals surface area contributed by atoms with Gasteiger partial charge >= 0.3 is 0 Å².